The van der Waals surface area contributed by atoms with E-state index in [1.807, 2.05) is 0 Å². The first kappa shape index (κ1) is 12.2. The summed E-state index contributed by atoms with van der Waals surface area (Å²) in [6, 6.07) is 4.92. The van der Waals surface area contributed by atoms with Crippen molar-refractivity contribution >= 4 is 23.3 Å². The topological polar surface area (TPSA) is 40.5 Å². The van der Waals surface area contributed by atoms with Gasteiger partial charge in [0.05, 0.1) is 16.3 Å². The summed E-state index contributed by atoms with van der Waals surface area (Å²) >= 11 is 6.14. The molecule has 4 heteroatoms. The van der Waals surface area contributed by atoms with Gasteiger partial charge in [-0.2, -0.15) is 0 Å². The number of anilines is 1. The number of rotatable bonds is 2. The van der Waals surface area contributed by atoms with Gasteiger partial charge in [0.25, 0.3) is 0 Å². The minimum absolute atomic E-state index is 0.234. The average Bonchev–Trinajstić information content (AvgIpc) is 2.58. The SMILES string of the molecule is CC1(C)CCN(c2ccc(C(=O)O)cc2Cl)C1. The van der Waals surface area contributed by atoms with E-state index < -0.39 is 5.97 Å². The third kappa shape index (κ3) is 2.55. The zero-order valence-corrected chi connectivity index (χ0v) is 10.8. The normalized spacial score (nSPS) is 18.4. The number of halogens is 1. The predicted octanol–water partition coefficient (Wildman–Crippen LogP) is 3.27. The van der Waals surface area contributed by atoms with Crippen LogP contribution in [0.5, 0.6) is 0 Å². The first-order valence-corrected chi connectivity index (χ1v) is 6.05. The number of aromatic carboxylic acids is 1. The van der Waals surface area contributed by atoms with Crippen LogP contribution in [-0.2, 0) is 0 Å². The molecule has 3 nitrogen and oxygen atoms in total. The molecular formula is C13H16ClNO2. The molecule has 1 fully saturated rings. The van der Waals surface area contributed by atoms with Crippen molar-refractivity contribution in [3.05, 3.63) is 28.8 Å². The molecule has 0 aromatic heterocycles. The Balaban J connectivity index is 2.26. The van der Waals surface area contributed by atoms with Crippen molar-refractivity contribution in [3.63, 3.8) is 0 Å². The Morgan fingerprint density at radius 1 is 1.47 bits per heavy atom. The fourth-order valence-electron chi connectivity index (χ4n) is 2.21. The summed E-state index contributed by atoms with van der Waals surface area (Å²) in [6.45, 7) is 6.39. The van der Waals surface area contributed by atoms with Crippen molar-refractivity contribution in [3.8, 4) is 0 Å². The molecule has 92 valence electrons. The average molecular weight is 254 g/mol. The van der Waals surface area contributed by atoms with Crippen LogP contribution < -0.4 is 4.90 Å². The van der Waals surface area contributed by atoms with Gasteiger partial charge >= 0.3 is 5.97 Å². The second kappa shape index (κ2) is 4.22. The summed E-state index contributed by atoms with van der Waals surface area (Å²) in [5.74, 6) is -0.944. The molecule has 2 rings (SSSR count). The van der Waals surface area contributed by atoms with Crippen LogP contribution in [-0.4, -0.2) is 24.2 Å². The molecule has 1 heterocycles. The van der Waals surface area contributed by atoms with Crippen LogP contribution >= 0.6 is 11.6 Å². The molecule has 1 aliphatic rings. The second-order valence-electron chi connectivity index (χ2n) is 5.31. The lowest BCUT2D eigenvalue weighted by molar-refractivity contribution is 0.0697. The lowest BCUT2D eigenvalue weighted by Gasteiger charge is -2.22. The molecule has 1 aromatic carbocycles. The summed E-state index contributed by atoms with van der Waals surface area (Å²) in [5.41, 5.74) is 1.47. The van der Waals surface area contributed by atoms with Crippen molar-refractivity contribution in [1.82, 2.24) is 0 Å². The first-order valence-electron chi connectivity index (χ1n) is 5.67. The van der Waals surface area contributed by atoms with Gasteiger partial charge in [0.2, 0.25) is 0 Å². The Hall–Kier alpha value is -1.22. The van der Waals surface area contributed by atoms with Crippen LogP contribution in [0.15, 0.2) is 18.2 Å². The van der Waals surface area contributed by atoms with E-state index in [-0.39, 0.29) is 5.56 Å². The lowest BCUT2D eigenvalue weighted by Crippen LogP contribution is -2.23. The molecule has 0 unspecified atom stereocenters. The van der Waals surface area contributed by atoms with Crippen LogP contribution in [0.2, 0.25) is 5.02 Å². The van der Waals surface area contributed by atoms with Gasteiger partial charge in [-0.25, -0.2) is 4.79 Å². The van der Waals surface area contributed by atoms with Crippen LogP contribution in [0.3, 0.4) is 0 Å². The van der Waals surface area contributed by atoms with Gasteiger partial charge in [-0.1, -0.05) is 25.4 Å². The summed E-state index contributed by atoms with van der Waals surface area (Å²) in [6.07, 6.45) is 1.13. The number of carboxylic acids is 1. The summed E-state index contributed by atoms with van der Waals surface area (Å²) in [5, 5.41) is 9.39. The quantitative estimate of drug-likeness (QED) is 0.879. The third-order valence-electron chi connectivity index (χ3n) is 3.21. The van der Waals surface area contributed by atoms with Crippen molar-refractivity contribution in [2.24, 2.45) is 5.41 Å². The Kier molecular flexibility index (Phi) is 3.04. The molecule has 0 radical (unpaired) electrons. The first-order chi connectivity index (χ1) is 7.89. The molecule has 0 bridgehead atoms. The van der Waals surface area contributed by atoms with Gasteiger partial charge in [0, 0.05) is 13.1 Å². The predicted molar refractivity (Wildman–Crippen MR) is 69.0 cm³/mol. The fourth-order valence-corrected chi connectivity index (χ4v) is 2.51. The van der Waals surface area contributed by atoms with E-state index in [1.165, 1.54) is 6.07 Å². The van der Waals surface area contributed by atoms with Gasteiger partial charge in [-0.15, -0.1) is 0 Å². The van der Waals surface area contributed by atoms with E-state index in [2.05, 4.69) is 18.7 Å². The molecule has 0 amide bonds. The van der Waals surface area contributed by atoms with E-state index >= 15 is 0 Å². The fraction of sp³-hybridized carbons (Fsp3) is 0.462. The minimum atomic E-state index is -0.944. The zero-order valence-electron chi connectivity index (χ0n) is 10.0. The Morgan fingerprint density at radius 3 is 2.65 bits per heavy atom. The molecule has 1 saturated heterocycles. The zero-order chi connectivity index (χ0) is 12.6. The van der Waals surface area contributed by atoms with Gasteiger partial charge in [0.15, 0.2) is 0 Å². The highest BCUT2D eigenvalue weighted by molar-refractivity contribution is 6.33. The van der Waals surface area contributed by atoms with E-state index in [0.717, 1.165) is 25.2 Å². The Labute approximate surface area is 106 Å². The van der Waals surface area contributed by atoms with Gasteiger partial charge in [-0.05, 0) is 30.0 Å². The minimum Gasteiger partial charge on any atom is -0.478 e. The smallest absolute Gasteiger partial charge is 0.335 e. The van der Waals surface area contributed by atoms with Gasteiger partial charge in [-0.3, -0.25) is 0 Å². The number of hydrogen-bond donors (Lipinski definition) is 1. The lowest BCUT2D eigenvalue weighted by atomic mass is 9.93. The standard InChI is InChI=1S/C13H16ClNO2/c1-13(2)5-6-15(8-13)11-4-3-9(12(16)17)7-10(11)14/h3-4,7H,5-6,8H2,1-2H3,(H,16,17). The van der Waals surface area contributed by atoms with Crippen LogP contribution in [0.25, 0.3) is 0 Å². The van der Waals surface area contributed by atoms with E-state index in [9.17, 15) is 4.79 Å². The number of benzene rings is 1. The van der Waals surface area contributed by atoms with Crippen LogP contribution in [0, 0.1) is 5.41 Å². The molecule has 0 spiro atoms. The van der Waals surface area contributed by atoms with Gasteiger partial charge in [0.1, 0.15) is 0 Å². The Bertz CT molecular complexity index is 457. The van der Waals surface area contributed by atoms with Crippen molar-refractivity contribution < 1.29 is 9.90 Å². The highest BCUT2D eigenvalue weighted by Gasteiger charge is 2.30. The molecule has 1 N–H and O–H groups in total. The maximum Gasteiger partial charge on any atom is 0.335 e. The summed E-state index contributed by atoms with van der Waals surface area (Å²) in [7, 11) is 0. The molecule has 0 saturated carbocycles. The summed E-state index contributed by atoms with van der Waals surface area (Å²) in [4.78, 5) is 13.0. The third-order valence-corrected chi connectivity index (χ3v) is 3.52. The van der Waals surface area contributed by atoms with Crippen molar-refractivity contribution in [1.29, 1.82) is 0 Å². The van der Waals surface area contributed by atoms with Crippen molar-refractivity contribution in [2.45, 2.75) is 20.3 Å². The number of carbonyl (C=O) groups is 1. The van der Waals surface area contributed by atoms with E-state index in [1.54, 1.807) is 12.1 Å². The highest BCUT2D eigenvalue weighted by Crippen LogP contribution is 2.36. The number of nitrogens with zero attached hydrogens (tertiary/aromatic N) is 1. The molecule has 0 atom stereocenters. The van der Waals surface area contributed by atoms with E-state index in [0.29, 0.717) is 10.4 Å². The van der Waals surface area contributed by atoms with E-state index in [4.69, 9.17) is 16.7 Å². The highest BCUT2D eigenvalue weighted by atomic mass is 35.5. The number of hydrogen-bond acceptors (Lipinski definition) is 2. The second-order valence-corrected chi connectivity index (χ2v) is 5.71. The number of carboxylic acid groups (broad SMARTS) is 1. The molecule has 1 aromatic rings. The van der Waals surface area contributed by atoms with Crippen LogP contribution in [0.1, 0.15) is 30.6 Å². The largest absolute Gasteiger partial charge is 0.478 e. The van der Waals surface area contributed by atoms with Crippen molar-refractivity contribution in [2.75, 3.05) is 18.0 Å². The molecule has 17 heavy (non-hydrogen) atoms. The maximum atomic E-state index is 10.8. The molecule has 0 aliphatic carbocycles. The Morgan fingerprint density at radius 2 is 2.18 bits per heavy atom. The molecule has 1 aliphatic heterocycles. The molecular weight excluding hydrogens is 238 g/mol. The maximum absolute atomic E-state index is 10.8. The monoisotopic (exact) mass is 253 g/mol. The summed E-state index contributed by atoms with van der Waals surface area (Å²) < 4.78 is 0. The van der Waals surface area contributed by atoms with Crippen LogP contribution in [0.4, 0.5) is 5.69 Å². The van der Waals surface area contributed by atoms with Gasteiger partial charge < -0.3 is 10.0 Å².